The van der Waals surface area contributed by atoms with E-state index in [-0.39, 0.29) is 0 Å². The van der Waals surface area contributed by atoms with Gasteiger partial charge >= 0.3 is 0 Å². The van der Waals surface area contributed by atoms with Crippen LogP contribution in [0.15, 0.2) is 18.3 Å². The molecule has 6 heteroatoms. The fourth-order valence-electron chi connectivity index (χ4n) is 3.99. The SMILES string of the molecule is Cc1ccnc(N2CCC3CCN(c4nc(C)cc(C)n4)C3C2)n1. The number of piperidine rings is 1. The Morgan fingerprint density at radius 2 is 1.62 bits per heavy atom. The van der Waals surface area contributed by atoms with Gasteiger partial charge in [0.25, 0.3) is 0 Å². The van der Waals surface area contributed by atoms with Gasteiger partial charge in [-0.15, -0.1) is 0 Å². The molecule has 4 heterocycles. The van der Waals surface area contributed by atoms with E-state index < -0.39 is 0 Å². The van der Waals surface area contributed by atoms with Crippen molar-refractivity contribution in [3.05, 3.63) is 35.4 Å². The number of rotatable bonds is 2. The summed E-state index contributed by atoms with van der Waals surface area (Å²) >= 11 is 0. The normalized spacial score (nSPS) is 23.5. The number of nitrogens with zero attached hydrogens (tertiary/aromatic N) is 6. The highest BCUT2D eigenvalue weighted by molar-refractivity contribution is 5.40. The first-order valence-corrected chi connectivity index (χ1v) is 8.73. The molecule has 0 amide bonds. The predicted molar refractivity (Wildman–Crippen MR) is 94.3 cm³/mol. The third-order valence-corrected chi connectivity index (χ3v) is 5.15. The molecule has 0 bridgehead atoms. The zero-order chi connectivity index (χ0) is 16.7. The molecular formula is C18H24N6. The molecule has 0 radical (unpaired) electrons. The minimum absolute atomic E-state index is 0.448. The molecule has 4 rings (SSSR count). The molecule has 2 atom stereocenters. The molecule has 6 nitrogen and oxygen atoms in total. The van der Waals surface area contributed by atoms with E-state index in [0.29, 0.717) is 6.04 Å². The second kappa shape index (κ2) is 6.00. The predicted octanol–water partition coefficient (Wildman–Crippen LogP) is 2.30. The first-order chi connectivity index (χ1) is 11.6. The van der Waals surface area contributed by atoms with Gasteiger partial charge in [-0.2, -0.15) is 0 Å². The van der Waals surface area contributed by atoms with Crippen LogP contribution in [0, 0.1) is 26.7 Å². The van der Waals surface area contributed by atoms with Crippen molar-refractivity contribution in [2.45, 2.75) is 39.7 Å². The lowest BCUT2D eigenvalue weighted by atomic mass is 9.92. The van der Waals surface area contributed by atoms with Gasteiger partial charge in [-0.25, -0.2) is 19.9 Å². The molecule has 2 aromatic rings. The summed E-state index contributed by atoms with van der Waals surface area (Å²) in [6, 6.07) is 4.43. The number of aryl methyl sites for hydroxylation is 3. The monoisotopic (exact) mass is 324 g/mol. The van der Waals surface area contributed by atoms with E-state index in [1.165, 1.54) is 12.8 Å². The summed E-state index contributed by atoms with van der Waals surface area (Å²) in [5.41, 5.74) is 3.09. The first-order valence-electron chi connectivity index (χ1n) is 8.73. The molecular weight excluding hydrogens is 300 g/mol. The average molecular weight is 324 g/mol. The molecule has 24 heavy (non-hydrogen) atoms. The van der Waals surface area contributed by atoms with Crippen LogP contribution < -0.4 is 9.80 Å². The van der Waals surface area contributed by atoms with Crippen LogP contribution in [0.4, 0.5) is 11.9 Å². The van der Waals surface area contributed by atoms with Gasteiger partial charge in [-0.3, -0.25) is 0 Å². The van der Waals surface area contributed by atoms with Crippen LogP contribution in [0.1, 0.15) is 29.9 Å². The number of hydrogen-bond donors (Lipinski definition) is 0. The Hall–Kier alpha value is -2.24. The highest BCUT2D eigenvalue weighted by atomic mass is 15.3. The molecule has 0 aliphatic carbocycles. The van der Waals surface area contributed by atoms with Crippen molar-refractivity contribution in [2.24, 2.45) is 5.92 Å². The highest BCUT2D eigenvalue weighted by Crippen LogP contribution is 2.34. The lowest BCUT2D eigenvalue weighted by Gasteiger charge is -2.38. The lowest BCUT2D eigenvalue weighted by Crippen LogP contribution is -2.49. The lowest BCUT2D eigenvalue weighted by molar-refractivity contribution is 0.386. The number of anilines is 2. The second-order valence-electron chi connectivity index (χ2n) is 6.99. The van der Waals surface area contributed by atoms with Crippen molar-refractivity contribution in [3.8, 4) is 0 Å². The number of hydrogen-bond acceptors (Lipinski definition) is 6. The summed E-state index contributed by atoms with van der Waals surface area (Å²) in [7, 11) is 0. The Kier molecular flexibility index (Phi) is 3.82. The van der Waals surface area contributed by atoms with Crippen molar-refractivity contribution in [2.75, 3.05) is 29.4 Å². The van der Waals surface area contributed by atoms with E-state index >= 15 is 0 Å². The van der Waals surface area contributed by atoms with Crippen LogP contribution in [0.5, 0.6) is 0 Å². The molecule has 126 valence electrons. The summed E-state index contributed by atoms with van der Waals surface area (Å²) in [5.74, 6) is 2.45. The van der Waals surface area contributed by atoms with Gasteiger partial charge in [0, 0.05) is 42.9 Å². The van der Waals surface area contributed by atoms with Gasteiger partial charge in [0.05, 0.1) is 6.04 Å². The van der Waals surface area contributed by atoms with Crippen LogP contribution in [-0.4, -0.2) is 45.6 Å². The van der Waals surface area contributed by atoms with Crippen molar-refractivity contribution in [1.29, 1.82) is 0 Å². The standard InChI is InChI=1S/C18H24N6/c1-12-4-7-19-17(20-12)23-8-5-15-6-9-24(16(15)11-23)18-21-13(2)10-14(3)22-18/h4,7,10,15-16H,5-6,8-9,11H2,1-3H3. The maximum absolute atomic E-state index is 4.68. The average Bonchev–Trinajstić information content (AvgIpc) is 2.97. The van der Waals surface area contributed by atoms with Gasteiger partial charge in [0.15, 0.2) is 0 Å². The summed E-state index contributed by atoms with van der Waals surface area (Å²) in [5, 5.41) is 0. The van der Waals surface area contributed by atoms with Crippen LogP contribution in [0.3, 0.4) is 0 Å². The topological polar surface area (TPSA) is 58.0 Å². The Labute approximate surface area is 143 Å². The summed E-state index contributed by atoms with van der Waals surface area (Å²) < 4.78 is 0. The smallest absolute Gasteiger partial charge is 0.226 e. The summed E-state index contributed by atoms with van der Waals surface area (Å²) in [6.07, 6.45) is 4.26. The Morgan fingerprint density at radius 3 is 2.38 bits per heavy atom. The Morgan fingerprint density at radius 1 is 0.917 bits per heavy atom. The molecule has 0 aromatic carbocycles. The van der Waals surface area contributed by atoms with E-state index in [2.05, 4.69) is 29.7 Å². The van der Waals surface area contributed by atoms with Gasteiger partial charge in [0.2, 0.25) is 11.9 Å². The van der Waals surface area contributed by atoms with E-state index in [1.54, 1.807) is 0 Å². The molecule has 2 fully saturated rings. The minimum Gasteiger partial charge on any atom is -0.339 e. The van der Waals surface area contributed by atoms with E-state index in [4.69, 9.17) is 0 Å². The fraction of sp³-hybridized carbons (Fsp3) is 0.556. The zero-order valence-electron chi connectivity index (χ0n) is 14.6. The van der Waals surface area contributed by atoms with E-state index in [0.717, 1.165) is 54.5 Å². The van der Waals surface area contributed by atoms with Crippen LogP contribution >= 0.6 is 0 Å². The third-order valence-electron chi connectivity index (χ3n) is 5.15. The van der Waals surface area contributed by atoms with Gasteiger partial charge in [-0.1, -0.05) is 0 Å². The molecule has 0 N–H and O–H groups in total. The highest BCUT2D eigenvalue weighted by Gasteiger charge is 2.40. The van der Waals surface area contributed by atoms with Crippen molar-refractivity contribution >= 4 is 11.9 Å². The van der Waals surface area contributed by atoms with Crippen molar-refractivity contribution in [3.63, 3.8) is 0 Å². The van der Waals surface area contributed by atoms with Gasteiger partial charge < -0.3 is 9.80 Å². The molecule has 0 spiro atoms. The zero-order valence-corrected chi connectivity index (χ0v) is 14.6. The summed E-state index contributed by atoms with van der Waals surface area (Å²) in [4.78, 5) is 23.1. The van der Waals surface area contributed by atoms with Crippen molar-refractivity contribution < 1.29 is 0 Å². The van der Waals surface area contributed by atoms with Gasteiger partial charge in [0.1, 0.15) is 0 Å². The largest absolute Gasteiger partial charge is 0.339 e. The summed E-state index contributed by atoms with van der Waals surface area (Å²) in [6.45, 7) is 9.12. The van der Waals surface area contributed by atoms with Crippen molar-refractivity contribution in [1.82, 2.24) is 19.9 Å². The van der Waals surface area contributed by atoms with Crippen LogP contribution in [-0.2, 0) is 0 Å². The second-order valence-corrected chi connectivity index (χ2v) is 6.99. The third kappa shape index (κ3) is 2.81. The molecule has 2 unspecified atom stereocenters. The Balaban J connectivity index is 1.59. The minimum atomic E-state index is 0.448. The number of aromatic nitrogens is 4. The molecule has 2 aromatic heterocycles. The first kappa shape index (κ1) is 15.3. The van der Waals surface area contributed by atoms with Crippen LogP contribution in [0.25, 0.3) is 0 Å². The van der Waals surface area contributed by atoms with Gasteiger partial charge in [-0.05, 0) is 51.7 Å². The molecule has 2 aliphatic rings. The molecule has 2 aliphatic heterocycles. The molecule has 0 saturated carbocycles. The van der Waals surface area contributed by atoms with Crippen LogP contribution in [0.2, 0.25) is 0 Å². The quantitative estimate of drug-likeness (QED) is 0.845. The number of fused-ring (bicyclic) bond motifs is 1. The fourth-order valence-corrected chi connectivity index (χ4v) is 3.99. The maximum Gasteiger partial charge on any atom is 0.226 e. The van der Waals surface area contributed by atoms with E-state index in [1.807, 2.05) is 39.1 Å². The maximum atomic E-state index is 4.68. The Bertz CT molecular complexity index is 726. The van der Waals surface area contributed by atoms with E-state index in [9.17, 15) is 0 Å². The molecule has 2 saturated heterocycles.